The van der Waals surface area contributed by atoms with Gasteiger partial charge in [0.1, 0.15) is 0 Å². The molecule has 0 aliphatic rings. The van der Waals surface area contributed by atoms with Gasteiger partial charge in [0.2, 0.25) is 0 Å². The molecular weight excluding hydrogens is 244 g/mol. The van der Waals surface area contributed by atoms with E-state index in [1.165, 1.54) is 0 Å². The molecule has 1 rings (SSSR count). The van der Waals surface area contributed by atoms with Gasteiger partial charge in [-0.25, -0.2) is 4.79 Å². The van der Waals surface area contributed by atoms with Crippen molar-refractivity contribution < 1.29 is 14.7 Å². The van der Waals surface area contributed by atoms with Crippen LogP contribution in [0.15, 0.2) is 24.3 Å². The molecule has 19 heavy (non-hydrogen) atoms. The normalized spacial score (nSPS) is 11.7. The molecule has 0 fully saturated rings. The van der Waals surface area contributed by atoms with E-state index < -0.39 is 5.97 Å². The molecule has 1 aromatic rings. The van der Waals surface area contributed by atoms with Crippen LogP contribution in [0.1, 0.15) is 32.3 Å². The van der Waals surface area contributed by atoms with Crippen LogP contribution in [0.4, 0.5) is 10.5 Å². The van der Waals surface area contributed by atoms with Crippen molar-refractivity contribution in [3.05, 3.63) is 29.8 Å². The summed E-state index contributed by atoms with van der Waals surface area (Å²) in [5.41, 5.74) is 1.84. The summed E-state index contributed by atoms with van der Waals surface area (Å²) in [6.07, 6.45) is 1.40. The number of carbonyl (C=O) groups excluding carboxylic acids is 1. The van der Waals surface area contributed by atoms with Gasteiger partial charge in [0.15, 0.2) is 0 Å². The number of anilines is 1. The number of hydrogen-bond acceptors (Lipinski definition) is 2. The number of amides is 2. The van der Waals surface area contributed by atoms with Crippen molar-refractivity contribution in [2.24, 2.45) is 0 Å². The van der Waals surface area contributed by atoms with Gasteiger partial charge in [0, 0.05) is 11.7 Å². The van der Waals surface area contributed by atoms with Crippen molar-refractivity contribution in [1.29, 1.82) is 0 Å². The van der Waals surface area contributed by atoms with E-state index in [1.54, 1.807) is 6.07 Å². The van der Waals surface area contributed by atoms with Gasteiger partial charge >= 0.3 is 12.0 Å². The Morgan fingerprint density at radius 1 is 1.32 bits per heavy atom. The lowest BCUT2D eigenvalue weighted by Gasteiger charge is -2.15. The van der Waals surface area contributed by atoms with Gasteiger partial charge in [-0.2, -0.15) is 0 Å². The zero-order valence-corrected chi connectivity index (χ0v) is 11.3. The highest BCUT2D eigenvalue weighted by Gasteiger charge is 2.13. The molecule has 3 N–H and O–H groups in total. The van der Waals surface area contributed by atoms with Crippen molar-refractivity contribution in [3.63, 3.8) is 0 Å². The second kappa shape index (κ2) is 7.41. The summed E-state index contributed by atoms with van der Waals surface area (Å²) in [4.78, 5) is 22.4. The monoisotopic (exact) mass is 264 g/mol. The van der Waals surface area contributed by atoms with Gasteiger partial charge < -0.3 is 15.7 Å². The quantitative estimate of drug-likeness (QED) is 0.739. The molecule has 5 heteroatoms. The summed E-state index contributed by atoms with van der Waals surface area (Å²) < 4.78 is 0. The molecule has 104 valence electrons. The van der Waals surface area contributed by atoms with Crippen molar-refractivity contribution in [2.45, 2.75) is 39.2 Å². The summed E-state index contributed by atoms with van der Waals surface area (Å²) in [5, 5.41) is 14.1. The summed E-state index contributed by atoms with van der Waals surface area (Å²) in [5.74, 6) is -0.917. The lowest BCUT2D eigenvalue weighted by molar-refractivity contribution is -0.137. The molecule has 0 aliphatic heterocycles. The van der Waals surface area contributed by atoms with E-state index in [2.05, 4.69) is 10.6 Å². The van der Waals surface area contributed by atoms with E-state index in [9.17, 15) is 9.59 Å². The van der Waals surface area contributed by atoms with E-state index in [0.717, 1.165) is 12.0 Å². The van der Waals surface area contributed by atoms with E-state index >= 15 is 0 Å². The molecule has 0 aliphatic carbocycles. The van der Waals surface area contributed by atoms with Crippen LogP contribution < -0.4 is 10.6 Å². The summed E-state index contributed by atoms with van der Waals surface area (Å²) in [7, 11) is 0. The Balaban J connectivity index is 2.56. The first-order chi connectivity index (χ1) is 9.05. The van der Waals surface area contributed by atoms with Gasteiger partial charge in [0.25, 0.3) is 0 Å². The fourth-order valence-electron chi connectivity index (χ4n) is 1.73. The zero-order chi connectivity index (χ0) is 14.3. The van der Waals surface area contributed by atoms with Gasteiger partial charge in [0.05, 0.1) is 6.42 Å². The SMILES string of the molecule is CCc1cccc(NC(=O)NC(CC)CC(=O)O)c1. The summed E-state index contributed by atoms with van der Waals surface area (Å²) in [6.45, 7) is 3.88. The number of carboxylic acid groups (broad SMARTS) is 1. The van der Waals surface area contributed by atoms with Gasteiger partial charge in [-0.1, -0.05) is 26.0 Å². The van der Waals surface area contributed by atoms with Crippen LogP contribution in [0, 0.1) is 0 Å². The molecule has 0 spiro atoms. The number of carboxylic acids is 1. The first-order valence-corrected chi connectivity index (χ1v) is 6.43. The Hall–Kier alpha value is -2.04. The van der Waals surface area contributed by atoms with Crippen LogP contribution in [-0.2, 0) is 11.2 Å². The Morgan fingerprint density at radius 3 is 2.63 bits per heavy atom. The number of hydrogen-bond donors (Lipinski definition) is 3. The first-order valence-electron chi connectivity index (χ1n) is 6.43. The molecule has 0 saturated heterocycles. The van der Waals surface area contributed by atoms with Crippen molar-refractivity contribution >= 4 is 17.7 Å². The van der Waals surface area contributed by atoms with Crippen LogP contribution in [0.3, 0.4) is 0 Å². The third kappa shape index (κ3) is 5.42. The van der Waals surface area contributed by atoms with Gasteiger partial charge in [-0.3, -0.25) is 4.79 Å². The number of urea groups is 1. The average Bonchev–Trinajstić information content (AvgIpc) is 2.37. The van der Waals surface area contributed by atoms with E-state index in [0.29, 0.717) is 12.1 Å². The van der Waals surface area contributed by atoms with E-state index in [-0.39, 0.29) is 18.5 Å². The van der Waals surface area contributed by atoms with Crippen LogP contribution in [0.25, 0.3) is 0 Å². The lowest BCUT2D eigenvalue weighted by Crippen LogP contribution is -2.38. The molecule has 1 unspecified atom stereocenters. The molecule has 0 heterocycles. The highest BCUT2D eigenvalue weighted by Crippen LogP contribution is 2.11. The minimum absolute atomic E-state index is 0.0705. The van der Waals surface area contributed by atoms with Gasteiger partial charge in [-0.15, -0.1) is 0 Å². The summed E-state index contributed by atoms with van der Waals surface area (Å²) >= 11 is 0. The molecule has 1 atom stereocenters. The molecule has 5 nitrogen and oxygen atoms in total. The number of rotatable bonds is 6. The zero-order valence-electron chi connectivity index (χ0n) is 11.3. The van der Waals surface area contributed by atoms with Crippen molar-refractivity contribution in [3.8, 4) is 0 Å². The Bertz CT molecular complexity index is 446. The van der Waals surface area contributed by atoms with Crippen molar-refractivity contribution in [2.75, 3.05) is 5.32 Å². The Labute approximate surface area is 113 Å². The second-order valence-electron chi connectivity index (χ2n) is 4.36. The van der Waals surface area contributed by atoms with Crippen LogP contribution in [0.5, 0.6) is 0 Å². The van der Waals surface area contributed by atoms with Crippen LogP contribution in [-0.4, -0.2) is 23.1 Å². The Kier molecular flexibility index (Phi) is 5.85. The number of aryl methyl sites for hydroxylation is 1. The van der Waals surface area contributed by atoms with Crippen LogP contribution >= 0.6 is 0 Å². The largest absolute Gasteiger partial charge is 0.481 e. The third-order valence-electron chi connectivity index (χ3n) is 2.84. The maximum Gasteiger partial charge on any atom is 0.319 e. The topological polar surface area (TPSA) is 78.4 Å². The van der Waals surface area contributed by atoms with E-state index in [1.807, 2.05) is 32.0 Å². The maximum absolute atomic E-state index is 11.7. The number of aliphatic carboxylic acids is 1. The number of nitrogens with one attached hydrogen (secondary N) is 2. The maximum atomic E-state index is 11.7. The molecule has 1 aromatic carbocycles. The lowest BCUT2D eigenvalue weighted by atomic mass is 10.1. The third-order valence-corrected chi connectivity index (χ3v) is 2.84. The first kappa shape index (κ1) is 15.0. The van der Waals surface area contributed by atoms with Crippen LogP contribution in [0.2, 0.25) is 0 Å². The molecular formula is C14H20N2O3. The van der Waals surface area contributed by atoms with Crippen molar-refractivity contribution in [1.82, 2.24) is 5.32 Å². The second-order valence-corrected chi connectivity index (χ2v) is 4.36. The fourth-order valence-corrected chi connectivity index (χ4v) is 1.73. The van der Waals surface area contributed by atoms with Gasteiger partial charge in [-0.05, 0) is 30.5 Å². The number of carbonyl (C=O) groups is 2. The standard InChI is InChI=1S/C14H20N2O3/c1-3-10-6-5-7-12(8-10)16-14(19)15-11(4-2)9-13(17)18/h5-8,11H,3-4,9H2,1-2H3,(H,17,18)(H2,15,16,19). The highest BCUT2D eigenvalue weighted by molar-refractivity contribution is 5.89. The predicted octanol–water partition coefficient (Wildman–Crippen LogP) is 2.62. The minimum Gasteiger partial charge on any atom is -0.481 e. The summed E-state index contributed by atoms with van der Waals surface area (Å²) in [6, 6.07) is 6.84. The molecule has 2 amide bonds. The molecule has 0 bridgehead atoms. The number of benzene rings is 1. The molecule has 0 aromatic heterocycles. The minimum atomic E-state index is -0.917. The molecule has 0 saturated carbocycles. The fraction of sp³-hybridized carbons (Fsp3) is 0.429. The smallest absolute Gasteiger partial charge is 0.319 e. The predicted molar refractivity (Wildman–Crippen MR) is 74.3 cm³/mol. The average molecular weight is 264 g/mol. The van der Waals surface area contributed by atoms with E-state index in [4.69, 9.17) is 5.11 Å². The Morgan fingerprint density at radius 2 is 2.05 bits per heavy atom. The highest BCUT2D eigenvalue weighted by atomic mass is 16.4. The molecule has 0 radical (unpaired) electrons.